The van der Waals surface area contributed by atoms with Crippen molar-refractivity contribution < 1.29 is 9.84 Å². The average Bonchev–Trinajstić information content (AvgIpc) is 2.39. The molecule has 1 aromatic carbocycles. The fraction of sp³-hybridized carbons (Fsp3) is 0.286. The van der Waals surface area contributed by atoms with Crippen molar-refractivity contribution in [3.8, 4) is 17.3 Å². The summed E-state index contributed by atoms with van der Waals surface area (Å²) in [5.74, 6) is 0.246. The van der Waals surface area contributed by atoms with E-state index in [2.05, 4.69) is 4.98 Å². The Morgan fingerprint density at radius 1 is 1.30 bits per heavy atom. The Labute approximate surface area is 115 Å². The van der Waals surface area contributed by atoms with Crippen molar-refractivity contribution in [1.29, 1.82) is 0 Å². The van der Waals surface area contributed by atoms with Gasteiger partial charge < -0.3 is 9.84 Å². The SMILES string of the molecule is CCOc1cccc(-n2c(O)c(CC)c(=O)[nH]c2=O)c1. The number of nitrogens with one attached hydrogen (secondary N) is 1. The van der Waals surface area contributed by atoms with Crippen LogP contribution in [0.4, 0.5) is 0 Å². The van der Waals surface area contributed by atoms with Crippen molar-refractivity contribution in [2.24, 2.45) is 0 Å². The predicted molar refractivity (Wildman–Crippen MR) is 74.9 cm³/mol. The van der Waals surface area contributed by atoms with Crippen LogP contribution in [0.25, 0.3) is 5.69 Å². The van der Waals surface area contributed by atoms with Gasteiger partial charge in [0.2, 0.25) is 5.88 Å². The highest BCUT2D eigenvalue weighted by Crippen LogP contribution is 2.20. The van der Waals surface area contributed by atoms with Crippen LogP contribution in [0.15, 0.2) is 33.9 Å². The first kappa shape index (κ1) is 13.9. The molecule has 6 heteroatoms. The first-order valence-electron chi connectivity index (χ1n) is 6.38. The number of rotatable bonds is 4. The highest BCUT2D eigenvalue weighted by molar-refractivity contribution is 5.42. The zero-order valence-electron chi connectivity index (χ0n) is 11.3. The van der Waals surface area contributed by atoms with Gasteiger partial charge in [0, 0.05) is 6.07 Å². The van der Waals surface area contributed by atoms with E-state index in [0.29, 0.717) is 24.5 Å². The molecule has 0 saturated heterocycles. The maximum atomic E-state index is 11.9. The van der Waals surface area contributed by atoms with Crippen molar-refractivity contribution in [2.75, 3.05) is 6.61 Å². The number of benzene rings is 1. The number of aromatic amines is 1. The summed E-state index contributed by atoms with van der Waals surface area (Å²) in [5, 5.41) is 10.1. The number of nitrogens with zero attached hydrogens (tertiary/aromatic N) is 1. The van der Waals surface area contributed by atoms with Crippen LogP contribution in [0.3, 0.4) is 0 Å². The van der Waals surface area contributed by atoms with Crippen molar-refractivity contribution in [1.82, 2.24) is 9.55 Å². The summed E-state index contributed by atoms with van der Waals surface area (Å²) in [4.78, 5) is 25.7. The third-order valence-electron chi connectivity index (χ3n) is 2.92. The fourth-order valence-corrected chi connectivity index (χ4v) is 2.00. The van der Waals surface area contributed by atoms with E-state index in [1.54, 1.807) is 31.2 Å². The van der Waals surface area contributed by atoms with Crippen molar-refractivity contribution in [3.05, 3.63) is 50.7 Å². The van der Waals surface area contributed by atoms with E-state index in [4.69, 9.17) is 4.74 Å². The molecule has 0 unspecified atom stereocenters. The minimum atomic E-state index is -0.682. The molecule has 6 nitrogen and oxygen atoms in total. The summed E-state index contributed by atoms with van der Waals surface area (Å²) in [5.41, 5.74) is -0.638. The highest BCUT2D eigenvalue weighted by atomic mass is 16.5. The van der Waals surface area contributed by atoms with Crippen LogP contribution in [-0.2, 0) is 6.42 Å². The maximum Gasteiger partial charge on any atom is 0.335 e. The minimum Gasteiger partial charge on any atom is -0.494 e. The van der Waals surface area contributed by atoms with Gasteiger partial charge in [-0.25, -0.2) is 9.36 Å². The fourth-order valence-electron chi connectivity index (χ4n) is 2.00. The number of H-pyrrole nitrogens is 1. The molecule has 0 aliphatic heterocycles. The lowest BCUT2D eigenvalue weighted by Gasteiger charge is -2.11. The minimum absolute atomic E-state index is 0.173. The Morgan fingerprint density at radius 3 is 2.70 bits per heavy atom. The Bertz CT molecular complexity index is 731. The van der Waals surface area contributed by atoms with Gasteiger partial charge in [-0.2, -0.15) is 0 Å². The monoisotopic (exact) mass is 276 g/mol. The Kier molecular flexibility index (Phi) is 3.93. The molecule has 20 heavy (non-hydrogen) atoms. The smallest absolute Gasteiger partial charge is 0.335 e. The van der Waals surface area contributed by atoms with Crippen molar-refractivity contribution in [2.45, 2.75) is 20.3 Å². The highest BCUT2D eigenvalue weighted by Gasteiger charge is 2.14. The second kappa shape index (κ2) is 5.64. The molecule has 2 rings (SSSR count). The molecule has 2 N–H and O–H groups in total. The zero-order chi connectivity index (χ0) is 14.7. The largest absolute Gasteiger partial charge is 0.494 e. The van der Waals surface area contributed by atoms with Crippen LogP contribution in [-0.4, -0.2) is 21.3 Å². The van der Waals surface area contributed by atoms with Gasteiger partial charge in [-0.15, -0.1) is 0 Å². The molecule has 1 heterocycles. The topological polar surface area (TPSA) is 84.3 Å². The number of hydrogen-bond donors (Lipinski definition) is 2. The zero-order valence-corrected chi connectivity index (χ0v) is 11.3. The lowest BCUT2D eigenvalue weighted by molar-refractivity contribution is 0.340. The van der Waals surface area contributed by atoms with Crippen LogP contribution in [0.2, 0.25) is 0 Å². The van der Waals surface area contributed by atoms with Gasteiger partial charge in [-0.1, -0.05) is 13.0 Å². The van der Waals surface area contributed by atoms with Gasteiger partial charge in [0.1, 0.15) is 5.75 Å². The summed E-state index contributed by atoms with van der Waals surface area (Å²) in [6.07, 6.45) is 0.326. The van der Waals surface area contributed by atoms with E-state index < -0.39 is 11.2 Å². The molecular weight excluding hydrogens is 260 g/mol. The van der Waals surface area contributed by atoms with Crippen LogP contribution >= 0.6 is 0 Å². The summed E-state index contributed by atoms with van der Waals surface area (Å²) in [6, 6.07) is 6.74. The van der Waals surface area contributed by atoms with Crippen molar-refractivity contribution in [3.63, 3.8) is 0 Å². The van der Waals surface area contributed by atoms with E-state index in [9.17, 15) is 14.7 Å². The molecular formula is C14H16N2O4. The van der Waals surface area contributed by atoms with E-state index in [1.807, 2.05) is 6.92 Å². The summed E-state index contributed by atoms with van der Waals surface area (Å²) in [7, 11) is 0. The summed E-state index contributed by atoms with van der Waals surface area (Å²) in [6.45, 7) is 4.08. The van der Waals surface area contributed by atoms with E-state index in [1.165, 1.54) is 0 Å². The first-order chi connectivity index (χ1) is 9.58. The van der Waals surface area contributed by atoms with Gasteiger partial charge in [0.25, 0.3) is 5.56 Å². The lowest BCUT2D eigenvalue weighted by Crippen LogP contribution is -2.31. The van der Waals surface area contributed by atoms with Gasteiger partial charge in [0.15, 0.2) is 0 Å². The number of ether oxygens (including phenoxy) is 1. The normalized spacial score (nSPS) is 10.5. The van der Waals surface area contributed by atoms with E-state index >= 15 is 0 Å². The quantitative estimate of drug-likeness (QED) is 0.878. The molecule has 1 aromatic heterocycles. The Hall–Kier alpha value is -2.50. The molecule has 0 amide bonds. The van der Waals surface area contributed by atoms with E-state index in [-0.39, 0.29) is 11.4 Å². The molecule has 0 fully saturated rings. The lowest BCUT2D eigenvalue weighted by atomic mass is 10.2. The Morgan fingerprint density at radius 2 is 2.05 bits per heavy atom. The molecule has 0 atom stereocenters. The summed E-state index contributed by atoms with van der Waals surface area (Å²) < 4.78 is 6.42. The van der Waals surface area contributed by atoms with Gasteiger partial charge in [-0.05, 0) is 25.5 Å². The summed E-state index contributed by atoms with van der Waals surface area (Å²) >= 11 is 0. The predicted octanol–water partition coefficient (Wildman–Crippen LogP) is 1.19. The third kappa shape index (κ3) is 2.45. The van der Waals surface area contributed by atoms with Crippen LogP contribution < -0.4 is 16.0 Å². The molecule has 0 aliphatic rings. The van der Waals surface area contributed by atoms with Gasteiger partial charge in [0.05, 0.1) is 17.9 Å². The van der Waals surface area contributed by atoms with Crippen LogP contribution in [0, 0.1) is 0 Å². The van der Waals surface area contributed by atoms with Crippen LogP contribution in [0.1, 0.15) is 19.4 Å². The number of aromatic hydroxyl groups is 1. The van der Waals surface area contributed by atoms with Crippen molar-refractivity contribution >= 4 is 0 Å². The van der Waals surface area contributed by atoms with Gasteiger partial charge in [-0.3, -0.25) is 9.78 Å². The van der Waals surface area contributed by atoms with Gasteiger partial charge >= 0.3 is 5.69 Å². The molecule has 106 valence electrons. The number of hydrogen-bond acceptors (Lipinski definition) is 4. The maximum absolute atomic E-state index is 11.9. The second-order valence-electron chi connectivity index (χ2n) is 4.18. The molecule has 0 radical (unpaired) electrons. The first-order valence-corrected chi connectivity index (χ1v) is 6.38. The second-order valence-corrected chi connectivity index (χ2v) is 4.18. The van der Waals surface area contributed by atoms with E-state index in [0.717, 1.165) is 4.57 Å². The molecule has 0 spiro atoms. The Balaban J connectivity index is 2.66. The number of aromatic nitrogens is 2. The molecule has 0 aliphatic carbocycles. The standard InChI is InChI=1S/C14H16N2O4/c1-3-11-12(17)15-14(19)16(13(11)18)9-6-5-7-10(8-9)20-4-2/h5-8,18H,3-4H2,1-2H3,(H,15,17,19). The average molecular weight is 276 g/mol. The molecule has 0 bridgehead atoms. The third-order valence-corrected chi connectivity index (χ3v) is 2.92. The molecule has 0 saturated carbocycles. The molecule has 2 aromatic rings. The van der Waals surface area contributed by atoms with Crippen LogP contribution in [0.5, 0.6) is 11.6 Å².